The number of carboxylic acids is 2. The van der Waals surface area contributed by atoms with Gasteiger partial charge in [-0.2, -0.15) is 0 Å². The molecule has 0 saturated heterocycles. The van der Waals surface area contributed by atoms with Gasteiger partial charge in [0.05, 0.1) is 17.7 Å². The zero-order chi connectivity index (χ0) is 12.3. The molecule has 0 unspecified atom stereocenters. The molecule has 86 valence electrons. The quantitative estimate of drug-likeness (QED) is 0.609. The third-order valence-electron chi connectivity index (χ3n) is 1.94. The minimum Gasteiger partial charge on any atom is -0.511 e. The highest BCUT2D eigenvalue weighted by Gasteiger charge is 2.21. The average Bonchev–Trinajstić information content (AvgIpc) is 2.15. The third kappa shape index (κ3) is 2.88. The first-order chi connectivity index (χ1) is 7.40. The number of nitrogens with zero attached hydrogens (tertiary/aromatic N) is 1. The van der Waals surface area contributed by atoms with Crippen molar-refractivity contribution < 1.29 is 24.9 Å². The van der Waals surface area contributed by atoms with Crippen molar-refractivity contribution in [3.63, 3.8) is 0 Å². The van der Waals surface area contributed by atoms with Gasteiger partial charge in [0.15, 0.2) is 0 Å². The van der Waals surface area contributed by atoms with E-state index in [4.69, 9.17) is 15.3 Å². The van der Waals surface area contributed by atoms with Crippen LogP contribution < -0.4 is 0 Å². The molecule has 1 heterocycles. The fourth-order valence-electron chi connectivity index (χ4n) is 1.30. The van der Waals surface area contributed by atoms with Gasteiger partial charge in [-0.15, -0.1) is 0 Å². The molecule has 0 spiro atoms. The van der Waals surface area contributed by atoms with Crippen LogP contribution in [-0.4, -0.2) is 38.7 Å². The summed E-state index contributed by atoms with van der Waals surface area (Å²) in [5.41, 5.74) is -0.0812. The lowest BCUT2D eigenvalue weighted by Gasteiger charge is -2.21. The molecule has 0 aromatic rings. The zero-order valence-corrected chi connectivity index (χ0v) is 8.38. The monoisotopic (exact) mass is 225 g/mol. The smallest absolute Gasteiger partial charge is 0.333 e. The molecule has 16 heavy (non-hydrogen) atoms. The average molecular weight is 225 g/mol. The van der Waals surface area contributed by atoms with Crippen molar-refractivity contribution in [2.45, 2.75) is 6.42 Å². The van der Waals surface area contributed by atoms with E-state index in [0.717, 1.165) is 0 Å². The Labute approximate surface area is 91.4 Å². The Morgan fingerprint density at radius 1 is 1.19 bits per heavy atom. The van der Waals surface area contributed by atoms with Gasteiger partial charge in [-0.3, -0.25) is 0 Å². The molecule has 0 saturated carbocycles. The first kappa shape index (κ1) is 11.8. The Morgan fingerprint density at radius 2 is 1.62 bits per heavy atom. The maximum atomic E-state index is 10.8. The van der Waals surface area contributed by atoms with E-state index in [1.54, 1.807) is 0 Å². The number of rotatable bonds is 4. The SMILES string of the molecule is C=C(O)CN1C=C(C(=O)O)CC(C(=O)O)=C1. The third-order valence-corrected chi connectivity index (χ3v) is 1.94. The molecule has 1 aliphatic rings. The summed E-state index contributed by atoms with van der Waals surface area (Å²) in [5.74, 6) is -2.54. The molecule has 0 aromatic carbocycles. The van der Waals surface area contributed by atoms with E-state index in [-0.39, 0.29) is 29.9 Å². The van der Waals surface area contributed by atoms with E-state index in [2.05, 4.69) is 6.58 Å². The second-order valence-corrected chi connectivity index (χ2v) is 3.33. The van der Waals surface area contributed by atoms with E-state index in [1.165, 1.54) is 17.3 Å². The van der Waals surface area contributed by atoms with Crippen molar-refractivity contribution >= 4 is 11.9 Å². The van der Waals surface area contributed by atoms with E-state index < -0.39 is 11.9 Å². The summed E-state index contributed by atoms with van der Waals surface area (Å²) in [6.07, 6.45) is 2.41. The van der Waals surface area contributed by atoms with Gasteiger partial charge in [0, 0.05) is 18.8 Å². The van der Waals surface area contributed by atoms with Crippen LogP contribution in [0.1, 0.15) is 6.42 Å². The van der Waals surface area contributed by atoms with Gasteiger partial charge in [-0.1, -0.05) is 6.58 Å². The predicted molar refractivity (Wildman–Crippen MR) is 54.5 cm³/mol. The molecule has 6 nitrogen and oxygen atoms in total. The fraction of sp³-hybridized carbons (Fsp3) is 0.200. The zero-order valence-electron chi connectivity index (χ0n) is 8.38. The first-order valence-electron chi connectivity index (χ1n) is 4.40. The van der Waals surface area contributed by atoms with Crippen LogP contribution in [-0.2, 0) is 9.59 Å². The summed E-state index contributed by atoms with van der Waals surface area (Å²) in [6, 6.07) is 0. The number of aliphatic hydroxyl groups excluding tert-OH is 1. The normalized spacial score (nSPS) is 15.1. The van der Waals surface area contributed by atoms with Crippen LogP contribution in [0, 0.1) is 0 Å². The van der Waals surface area contributed by atoms with Crippen molar-refractivity contribution in [2.24, 2.45) is 0 Å². The Hall–Kier alpha value is -2.24. The van der Waals surface area contributed by atoms with Gasteiger partial charge in [-0.25, -0.2) is 9.59 Å². The summed E-state index contributed by atoms with van der Waals surface area (Å²) >= 11 is 0. The molecule has 1 rings (SSSR count). The van der Waals surface area contributed by atoms with Gasteiger partial charge in [0.25, 0.3) is 0 Å². The molecule has 0 aromatic heterocycles. The molecule has 0 bridgehead atoms. The number of aliphatic carboxylic acids is 2. The lowest BCUT2D eigenvalue weighted by atomic mass is 10.0. The highest BCUT2D eigenvalue weighted by molar-refractivity contribution is 5.93. The summed E-state index contributed by atoms with van der Waals surface area (Å²) in [6.45, 7) is 3.22. The van der Waals surface area contributed by atoms with Crippen LogP contribution in [0.15, 0.2) is 35.9 Å². The predicted octanol–water partition coefficient (Wildman–Crippen LogP) is 0.701. The van der Waals surface area contributed by atoms with Gasteiger partial charge in [-0.05, 0) is 0 Å². The maximum Gasteiger partial charge on any atom is 0.333 e. The van der Waals surface area contributed by atoms with Crippen molar-refractivity contribution in [3.05, 3.63) is 35.9 Å². The number of carboxylic acid groups (broad SMARTS) is 2. The van der Waals surface area contributed by atoms with Crippen molar-refractivity contribution in [3.8, 4) is 0 Å². The lowest BCUT2D eigenvalue weighted by Crippen LogP contribution is -2.22. The van der Waals surface area contributed by atoms with Crippen molar-refractivity contribution in [1.82, 2.24) is 4.90 Å². The van der Waals surface area contributed by atoms with Crippen LogP contribution in [0.3, 0.4) is 0 Å². The lowest BCUT2D eigenvalue weighted by molar-refractivity contribution is -0.133. The Bertz CT molecular complexity index is 377. The Balaban J connectivity index is 2.95. The largest absolute Gasteiger partial charge is 0.511 e. The van der Waals surface area contributed by atoms with Crippen LogP contribution >= 0.6 is 0 Å². The summed E-state index contributed by atoms with van der Waals surface area (Å²) in [5, 5.41) is 26.5. The topological polar surface area (TPSA) is 98.1 Å². The molecular weight excluding hydrogens is 214 g/mol. The summed E-state index contributed by atoms with van der Waals surface area (Å²) < 4.78 is 0. The molecule has 0 radical (unpaired) electrons. The van der Waals surface area contributed by atoms with Crippen LogP contribution in [0.25, 0.3) is 0 Å². The fourth-order valence-corrected chi connectivity index (χ4v) is 1.30. The number of carbonyl (C=O) groups is 2. The molecule has 1 aliphatic heterocycles. The number of aliphatic hydroxyl groups is 1. The van der Waals surface area contributed by atoms with Crippen LogP contribution in [0.2, 0.25) is 0 Å². The highest BCUT2D eigenvalue weighted by Crippen LogP contribution is 2.19. The molecular formula is C10H11NO5. The standard InChI is InChI=1S/C10H11NO5/c1-6(12)3-11-4-7(9(13)14)2-8(5-11)10(15)16/h4-5,12H,1-3H2,(H,13,14)(H,15,16). The first-order valence-corrected chi connectivity index (χ1v) is 4.40. The Kier molecular flexibility index (Phi) is 3.34. The molecule has 0 aliphatic carbocycles. The maximum absolute atomic E-state index is 10.8. The second kappa shape index (κ2) is 4.52. The van der Waals surface area contributed by atoms with Gasteiger partial charge >= 0.3 is 11.9 Å². The van der Waals surface area contributed by atoms with Crippen molar-refractivity contribution in [2.75, 3.05) is 6.54 Å². The molecule has 6 heteroatoms. The number of hydrogen-bond acceptors (Lipinski definition) is 4. The molecule has 0 atom stereocenters. The number of hydrogen-bond donors (Lipinski definition) is 3. The van der Waals surface area contributed by atoms with E-state index >= 15 is 0 Å². The molecule has 0 amide bonds. The van der Waals surface area contributed by atoms with Gasteiger partial charge in [0.2, 0.25) is 0 Å². The van der Waals surface area contributed by atoms with Crippen molar-refractivity contribution in [1.29, 1.82) is 0 Å². The van der Waals surface area contributed by atoms with Crippen LogP contribution in [0.4, 0.5) is 0 Å². The van der Waals surface area contributed by atoms with Gasteiger partial charge < -0.3 is 20.2 Å². The second-order valence-electron chi connectivity index (χ2n) is 3.33. The molecule has 0 fully saturated rings. The minimum atomic E-state index is -1.18. The van der Waals surface area contributed by atoms with E-state index in [1.807, 2.05) is 0 Å². The molecule has 3 N–H and O–H groups in total. The van der Waals surface area contributed by atoms with E-state index in [0.29, 0.717) is 0 Å². The summed E-state index contributed by atoms with van der Waals surface area (Å²) in [4.78, 5) is 22.8. The Morgan fingerprint density at radius 3 is 1.94 bits per heavy atom. The highest BCUT2D eigenvalue weighted by atomic mass is 16.4. The van der Waals surface area contributed by atoms with Gasteiger partial charge in [0.1, 0.15) is 5.76 Å². The summed E-state index contributed by atoms with van der Waals surface area (Å²) in [7, 11) is 0. The van der Waals surface area contributed by atoms with E-state index in [9.17, 15) is 9.59 Å². The minimum absolute atomic E-state index is 0.0342. The van der Waals surface area contributed by atoms with Crippen LogP contribution in [0.5, 0.6) is 0 Å².